The fourth-order valence-electron chi connectivity index (χ4n) is 2.03. The number of hydrogen-bond donors (Lipinski definition) is 0. The van der Waals surface area contributed by atoms with Crippen LogP contribution in [0, 0.1) is 0 Å². The van der Waals surface area contributed by atoms with Crippen LogP contribution in [0.15, 0.2) is 47.4 Å². The van der Waals surface area contributed by atoms with Crippen molar-refractivity contribution in [2.45, 2.75) is 19.6 Å². The molecule has 0 amide bonds. The molecule has 0 fully saturated rings. The second-order valence-electron chi connectivity index (χ2n) is 4.80. The molecule has 0 aliphatic heterocycles. The Bertz CT molecular complexity index is 766. The topological polar surface area (TPSA) is 48.3 Å². The molecular formula is C16H14F3NO3. The van der Waals surface area contributed by atoms with Crippen LogP contribution >= 0.6 is 0 Å². The van der Waals surface area contributed by atoms with Crippen LogP contribution < -0.4 is 5.56 Å². The van der Waals surface area contributed by atoms with Gasteiger partial charge in [0, 0.05) is 12.3 Å². The number of pyridine rings is 1. The minimum absolute atomic E-state index is 0.0734. The number of esters is 1. The normalized spacial score (nSPS) is 11.3. The van der Waals surface area contributed by atoms with Crippen LogP contribution in [0.3, 0.4) is 0 Å². The fraction of sp³-hybridized carbons (Fsp3) is 0.250. The van der Waals surface area contributed by atoms with Gasteiger partial charge in [-0.3, -0.25) is 4.79 Å². The molecule has 122 valence electrons. The molecule has 0 radical (unpaired) electrons. The van der Waals surface area contributed by atoms with Crippen LogP contribution in [-0.4, -0.2) is 17.1 Å². The number of aromatic nitrogens is 1. The van der Waals surface area contributed by atoms with Crippen molar-refractivity contribution in [2.24, 2.45) is 0 Å². The molecule has 4 nitrogen and oxygen atoms in total. The van der Waals surface area contributed by atoms with Gasteiger partial charge in [-0.15, -0.1) is 0 Å². The van der Waals surface area contributed by atoms with Gasteiger partial charge >= 0.3 is 12.1 Å². The summed E-state index contributed by atoms with van der Waals surface area (Å²) in [5.41, 5.74) is -0.653. The maximum Gasteiger partial charge on any atom is 0.417 e. The molecule has 23 heavy (non-hydrogen) atoms. The Kier molecular flexibility index (Phi) is 4.88. The number of carbonyl (C=O) groups is 1. The van der Waals surface area contributed by atoms with Gasteiger partial charge in [0.1, 0.15) is 0 Å². The largest absolute Gasteiger partial charge is 0.462 e. The summed E-state index contributed by atoms with van der Waals surface area (Å²) in [7, 11) is 0. The molecule has 0 atom stereocenters. The van der Waals surface area contributed by atoms with E-state index in [0.717, 1.165) is 22.9 Å². The second-order valence-corrected chi connectivity index (χ2v) is 4.80. The zero-order valence-corrected chi connectivity index (χ0v) is 12.3. The molecule has 7 heteroatoms. The first-order valence-corrected chi connectivity index (χ1v) is 6.85. The van der Waals surface area contributed by atoms with E-state index in [4.69, 9.17) is 4.74 Å². The van der Waals surface area contributed by atoms with Crippen molar-refractivity contribution in [2.75, 3.05) is 6.61 Å². The van der Waals surface area contributed by atoms with E-state index >= 15 is 0 Å². The molecule has 0 bridgehead atoms. The maximum atomic E-state index is 12.7. The van der Waals surface area contributed by atoms with E-state index in [1.165, 1.54) is 12.1 Å². The lowest BCUT2D eigenvalue weighted by atomic mass is 10.1. The fourth-order valence-corrected chi connectivity index (χ4v) is 2.03. The third kappa shape index (κ3) is 4.21. The quantitative estimate of drug-likeness (QED) is 0.812. The zero-order valence-electron chi connectivity index (χ0n) is 12.3. The van der Waals surface area contributed by atoms with Gasteiger partial charge < -0.3 is 9.30 Å². The Balaban J connectivity index is 2.31. The van der Waals surface area contributed by atoms with E-state index in [-0.39, 0.29) is 18.7 Å². The first-order valence-electron chi connectivity index (χ1n) is 6.85. The van der Waals surface area contributed by atoms with E-state index < -0.39 is 23.3 Å². The van der Waals surface area contributed by atoms with Crippen LogP contribution in [0.2, 0.25) is 0 Å². The smallest absolute Gasteiger partial charge is 0.417 e. The van der Waals surface area contributed by atoms with Gasteiger partial charge in [-0.1, -0.05) is 12.1 Å². The molecular weight excluding hydrogens is 311 g/mol. The average molecular weight is 325 g/mol. The van der Waals surface area contributed by atoms with E-state index in [0.29, 0.717) is 5.56 Å². The summed E-state index contributed by atoms with van der Waals surface area (Å²) >= 11 is 0. The first kappa shape index (κ1) is 16.8. The summed E-state index contributed by atoms with van der Waals surface area (Å²) in [5, 5.41) is 0. The van der Waals surface area contributed by atoms with Crippen molar-refractivity contribution in [1.29, 1.82) is 0 Å². The highest BCUT2D eigenvalue weighted by Gasteiger charge is 2.31. The van der Waals surface area contributed by atoms with Crippen molar-refractivity contribution in [3.63, 3.8) is 0 Å². The Labute approximate surface area is 130 Å². The highest BCUT2D eigenvalue weighted by molar-refractivity contribution is 5.89. The Hall–Kier alpha value is -2.57. The molecule has 0 aliphatic rings. The van der Waals surface area contributed by atoms with Gasteiger partial charge in [-0.05, 0) is 30.7 Å². The van der Waals surface area contributed by atoms with Gasteiger partial charge in [0.15, 0.2) is 0 Å². The van der Waals surface area contributed by atoms with Crippen molar-refractivity contribution < 1.29 is 22.7 Å². The maximum absolute atomic E-state index is 12.7. The van der Waals surface area contributed by atoms with Gasteiger partial charge in [-0.2, -0.15) is 13.2 Å². The minimum Gasteiger partial charge on any atom is -0.462 e. The van der Waals surface area contributed by atoms with E-state index in [9.17, 15) is 22.8 Å². The number of carbonyl (C=O) groups excluding carboxylic acids is 1. The van der Waals surface area contributed by atoms with Crippen LogP contribution in [0.4, 0.5) is 13.2 Å². The molecule has 0 spiro atoms. The van der Waals surface area contributed by atoms with Crippen molar-refractivity contribution in [3.05, 3.63) is 69.6 Å². The third-order valence-corrected chi connectivity index (χ3v) is 3.10. The van der Waals surface area contributed by atoms with Crippen molar-refractivity contribution >= 4 is 5.97 Å². The molecule has 0 saturated heterocycles. The number of ether oxygens (including phenoxy) is 1. The Morgan fingerprint density at radius 1 is 1.22 bits per heavy atom. The van der Waals surface area contributed by atoms with Crippen LogP contribution in [-0.2, 0) is 17.5 Å². The van der Waals surface area contributed by atoms with Gasteiger partial charge in [0.05, 0.1) is 24.3 Å². The number of benzene rings is 1. The number of hydrogen-bond acceptors (Lipinski definition) is 3. The molecule has 1 aromatic carbocycles. The lowest BCUT2D eigenvalue weighted by Crippen LogP contribution is -2.22. The van der Waals surface area contributed by atoms with Gasteiger partial charge in [0.25, 0.3) is 5.56 Å². The highest BCUT2D eigenvalue weighted by atomic mass is 19.4. The van der Waals surface area contributed by atoms with E-state index in [2.05, 4.69) is 0 Å². The number of halogens is 3. The van der Waals surface area contributed by atoms with E-state index in [1.807, 2.05) is 0 Å². The Morgan fingerprint density at radius 2 is 1.96 bits per heavy atom. The summed E-state index contributed by atoms with van der Waals surface area (Å²) in [5.74, 6) is -0.522. The predicted octanol–water partition coefficient (Wildman–Crippen LogP) is 3.09. The molecule has 0 aliphatic carbocycles. The van der Waals surface area contributed by atoms with Crippen LogP contribution in [0.1, 0.15) is 28.4 Å². The van der Waals surface area contributed by atoms with Crippen LogP contribution in [0.5, 0.6) is 0 Å². The summed E-state index contributed by atoms with van der Waals surface area (Å²) in [4.78, 5) is 23.4. The van der Waals surface area contributed by atoms with Crippen molar-refractivity contribution in [3.8, 4) is 0 Å². The summed E-state index contributed by atoms with van der Waals surface area (Å²) < 4.78 is 44.0. The average Bonchev–Trinajstić information content (AvgIpc) is 2.49. The Morgan fingerprint density at radius 3 is 2.61 bits per heavy atom. The molecule has 0 unspecified atom stereocenters. The van der Waals surface area contributed by atoms with Gasteiger partial charge in [0.2, 0.25) is 0 Å². The molecule has 1 heterocycles. The summed E-state index contributed by atoms with van der Waals surface area (Å²) in [6, 6.07) is 7.85. The summed E-state index contributed by atoms with van der Waals surface area (Å²) in [6.07, 6.45) is -3.76. The molecule has 2 aromatic rings. The van der Waals surface area contributed by atoms with Gasteiger partial charge in [-0.25, -0.2) is 4.79 Å². The highest BCUT2D eigenvalue weighted by Crippen LogP contribution is 2.28. The molecule has 2 rings (SSSR count). The second kappa shape index (κ2) is 6.68. The minimum atomic E-state index is -4.53. The standard InChI is InChI=1S/C16H14F3NO3/c1-2-23-15(22)12-5-3-4-11(8-12)9-20-10-13(16(17,18)19)6-7-14(20)21/h3-8,10H,2,9H2,1H3. The zero-order chi connectivity index (χ0) is 17.0. The number of rotatable bonds is 4. The lowest BCUT2D eigenvalue weighted by Gasteiger charge is -2.11. The van der Waals surface area contributed by atoms with Crippen LogP contribution in [0.25, 0.3) is 0 Å². The SMILES string of the molecule is CCOC(=O)c1cccc(Cn2cc(C(F)(F)F)ccc2=O)c1. The molecule has 0 N–H and O–H groups in total. The predicted molar refractivity (Wildman–Crippen MR) is 77.2 cm³/mol. The number of alkyl halides is 3. The monoisotopic (exact) mass is 325 g/mol. The third-order valence-electron chi connectivity index (χ3n) is 3.10. The molecule has 0 saturated carbocycles. The molecule has 1 aromatic heterocycles. The number of nitrogens with zero attached hydrogens (tertiary/aromatic N) is 1. The lowest BCUT2D eigenvalue weighted by molar-refractivity contribution is -0.138. The first-order chi connectivity index (χ1) is 10.8. The van der Waals surface area contributed by atoms with E-state index in [1.54, 1.807) is 19.1 Å². The van der Waals surface area contributed by atoms with Crippen molar-refractivity contribution in [1.82, 2.24) is 4.57 Å². The summed E-state index contributed by atoms with van der Waals surface area (Å²) in [6.45, 7) is 1.82.